The largest absolute Gasteiger partial charge is 0.388 e. The molecule has 2 aliphatic carbocycles. The van der Waals surface area contributed by atoms with Gasteiger partial charge in [-0.15, -0.1) is 0 Å². The second-order valence-electron chi connectivity index (χ2n) is 15.1. The van der Waals surface area contributed by atoms with Crippen molar-refractivity contribution in [1.29, 1.82) is 0 Å². The fraction of sp³-hybridized carbons (Fsp3) is 0.606. The Kier molecular flexibility index (Phi) is 6.37. The first-order valence-corrected chi connectivity index (χ1v) is 16.7. The third-order valence-corrected chi connectivity index (χ3v) is 12.3. The normalized spacial score (nSPS) is 29.1. The number of aromatic amines is 1. The SMILES string of the molecule is C=CC(=O)N1CC2(CC(n3nc(N4CC[C@@H](CN5CC6CC6(O)C5)CC4(C)C)c(-c4c(Cl)c(Cl)cc5[nH]ncc45)c3C)C2)C1. The van der Waals surface area contributed by atoms with E-state index in [0.717, 1.165) is 105 Å². The van der Waals surface area contributed by atoms with Crippen LogP contribution in [-0.4, -0.2) is 91.2 Å². The quantitative estimate of drug-likeness (QED) is 0.349. The molecule has 3 saturated heterocycles. The molecule has 11 heteroatoms. The number of hydrogen-bond acceptors (Lipinski definition) is 6. The van der Waals surface area contributed by atoms with Gasteiger partial charge in [0.15, 0.2) is 5.82 Å². The minimum absolute atomic E-state index is 0.0154. The van der Waals surface area contributed by atoms with E-state index in [4.69, 9.17) is 28.3 Å². The van der Waals surface area contributed by atoms with E-state index in [1.54, 1.807) is 0 Å². The van der Waals surface area contributed by atoms with Gasteiger partial charge in [0.1, 0.15) is 0 Å². The standard InChI is InChI=1S/C33H41Cl2N7O2/c1-5-26(43)40-16-32(17-40)11-22(12-32)42-19(2)27(28-23-13-36-37-25(23)8-24(34)29(28)35)30(38-42)41-7-6-20(9-31(41,3)4)14-39-15-21-10-33(21,44)18-39/h5,8,13,20-22,44H,1,6-7,9-12,14-18H2,2-4H3,(H,36,37)/t20-,21?,33?/m1/s1. The average molecular weight is 639 g/mol. The number of nitrogens with one attached hydrogen (secondary N) is 1. The maximum absolute atomic E-state index is 12.1. The number of piperidine rings is 2. The first-order chi connectivity index (χ1) is 20.9. The average Bonchev–Trinajstić information content (AvgIpc) is 3.24. The van der Waals surface area contributed by atoms with E-state index in [1.165, 1.54) is 6.08 Å². The van der Waals surface area contributed by atoms with Crippen LogP contribution in [0.1, 0.15) is 57.7 Å². The zero-order valence-corrected chi connectivity index (χ0v) is 27.3. The van der Waals surface area contributed by atoms with Crippen molar-refractivity contribution in [3.05, 3.63) is 40.7 Å². The van der Waals surface area contributed by atoms with Gasteiger partial charge in [-0.1, -0.05) is 29.8 Å². The molecular weight excluding hydrogens is 597 g/mol. The molecular formula is C33H41Cl2N7O2. The highest BCUT2D eigenvalue weighted by Crippen LogP contribution is 2.56. The van der Waals surface area contributed by atoms with Gasteiger partial charge in [-0.2, -0.15) is 10.2 Å². The maximum atomic E-state index is 12.1. The number of halogens is 2. The minimum Gasteiger partial charge on any atom is -0.388 e. The molecule has 2 N–H and O–H groups in total. The van der Waals surface area contributed by atoms with E-state index in [1.807, 2.05) is 17.2 Å². The number of aliphatic hydroxyl groups is 1. The topological polar surface area (TPSA) is 93.5 Å². The number of β-amino-alcohol motifs (C(OH)–C–C–N with tert-alkyl or cyclic N) is 1. The number of anilines is 1. The van der Waals surface area contributed by atoms with Gasteiger partial charge in [-0.05, 0) is 70.9 Å². The third kappa shape index (κ3) is 4.37. The minimum atomic E-state index is -0.414. The fourth-order valence-corrected chi connectivity index (χ4v) is 9.64. The molecule has 0 bridgehead atoms. The number of benzene rings is 1. The monoisotopic (exact) mass is 637 g/mol. The molecule has 0 radical (unpaired) electrons. The number of hydrogen-bond donors (Lipinski definition) is 2. The summed E-state index contributed by atoms with van der Waals surface area (Å²) in [6.07, 6.45) is 8.31. The Labute approximate surface area is 268 Å². The van der Waals surface area contributed by atoms with Crippen molar-refractivity contribution in [2.45, 2.75) is 70.1 Å². The van der Waals surface area contributed by atoms with Gasteiger partial charge in [0.25, 0.3) is 0 Å². The lowest BCUT2D eigenvalue weighted by Crippen LogP contribution is -2.63. The van der Waals surface area contributed by atoms with Crippen molar-refractivity contribution in [2.24, 2.45) is 17.3 Å². The van der Waals surface area contributed by atoms with Crippen molar-refractivity contribution in [1.82, 2.24) is 29.8 Å². The molecule has 3 atom stereocenters. The van der Waals surface area contributed by atoms with Crippen LogP contribution in [0.5, 0.6) is 0 Å². The van der Waals surface area contributed by atoms with Crippen molar-refractivity contribution < 1.29 is 9.90 Å². The summed E-state index contributed by atoms with van der Waals surface area (Å²) < 4.78 is 2.22. The predicted octanol–water partition coefficient (Wildman–Crippen LogP) is 5.45. The van der Waals surface area contributed by atoms with Gasteiger partial charge >= 0.3 is 0 Å². The van der Waals surface area contributed by atoms with Crippen LogP contribution in [0, 0.1) is 24.2 Å². The summed E-state index contributed by atoms with van der Waals surface area (Å²) in [6.45, 7) is 15.8. The third-order valence-electron chi connectivity index (χ3n) is 11.5. The summed E-state index contributed by atoms with van der Waals surface area (Å²) in [6, 6.07) is 2.10. The van der Waals surface area contributed by atoms with Crippen LogP contribution in [0.4, 0.5) is 5.82 Å². The van der Waals surface area contributed by atoms with Gasteiger partial charge < -0.3 is 14.9 Å². The molecule has 3 aliphatic heterocycles. The van der Waals surface area contributed by atoms with Crippen LogP contribution < -0.4 is 4.90 Å². The van der Waals surface area contributed by atoms with Crippen LogP contribution in [0.3, 0.4) is 0 Å². The van der Waals surface area contributed by atoms with E-state index in [2.05, 4.69) is 52.0 Å². The number of carbonyl (C=O) groups excluding carboxylic acids is 1. The summed E-state index contributed by atoms with van der Waals surface area (Å²) in [5, 5.41) is 25.4. The fourth-order valence-electron chi connectivity index (χ4n) is 9.18. The highest BCUT2D eigenvalue weighted by Gasteiger charge is 2.59. The van der Waals surface area contributed by atoms with Gasteiger partial charge in [-0.3, -0.25) is 19.5 Å². The number of carbonyl (C=O) groups is 1. The lowest BCUT2D eigenvalue weighted by atomic mass is 9.60. The molecule has 3 aromatic rings. The van der Waals surface area contributed by atoms with Crippen LogP contribution >= 0.6 is 23.2 Å². The molecule has 1 aromatic carbocycles. The summed E-state index contributed by atoms with van der Waals surface area (Å²) in [7, 11) is 0. The Hall–Kier alpha value is -2.59. The van der Waals surface area contributed by atoms with E-state index < -0.39 is 5.60 Å². The summed E-state index contributed by atoms with van der Waals surface area (Å²) in [5.74, 6) is 2.01. The van der Waals surface area contributed by atoms with Gasteiger partial charge in [0, 0.05) is 78.3 Å². The molecule has 9 nitrogen and oxygen atoms in total. The Morgan fingerprint density at radius 2 is 1.95 bits per heavy atom. The highest BCUT2D eigenvalue weighted by molar-refractivity contribution is 6.45. The van der Waals surface area contributed by atoms with Crippen molar-refractivity contribution >= 4 is 45.8 Å². The van der Waals surface area contributed by atoms with Gasteiger partial charge in [0.05, 0.1) is 33.4 Å². The Morgan fingerprint density at radius 1 is 1.18 bits per heavy atom. The maximum Gasteiger partial charge on any atom is 0.245 e. The first kappa shape index (κ1) is 28.9. The molecule has 2 saturated carbocycles. The second-order valence-corrected chi connectivity index (χ2v) is 15.9. The number of aromatic nitrogens is 4. The van der Waals surface area contributed by atoms with E-state index in [0.29, 0.717) is 21.9 Å². The van der Waals surface area contributed by atoms with Crippen LogP contribution in [0.25, 0.3) is 22.0 Å². The van der Waals surface area contributed by atoms with Gasteiger partial charge in [0.2, 0.25) is 5.91 Å². The summed E-state index contributed by atoms with van der Waals surface area (Å²) >= 11 is 13.7. The molecule has 5 heterocycles. The molecule has 1 amide bonds. The molecule has 2 unspecified atom stereocenters. The van der Waals surface area contributed by atoms with Crippen LogP contribution in [0.15, 0.2) is 24.9 Å². The molecule has 234 valence electrons. The summed E-state index contributed by atoms with van der Waals surface area (Å²) in [5.41, 5.74) is 3.45. The van der Waals surface area contributed by atoms with Crippen molar-refractivity contribution in [2.75, 3.05) is 44.2 Å². The molecule has 5 aliphatic rings. The molecule has 1 spiro atoms. The predicted molar refractivity (Wildman–Crippen MR) is 173 cm³/mol. The van der Waals surface area contributed by atoms with Crippen molar-refractivity contribution in [3.8, 4) is 11.1 Å². The molecule has 44 heavy (non-hydrogen) atoms. The Balaban J connectivity index is 1.12. The summed E-state index contributed by atoms with van der Waals surface area (Å²) in [4.78, 5) is 19.0. The Bertz CT molecular complexity index is 1680. The van der Waals surface area contributed by atoms with E-state index in [9.17, 15) is 9.90 Å². The lowest BCUT2D eigenvalue weighted by molar-refractivity contribution is -0.149. The second kappa shape index (κ2) is 9.71. The van der Waals surface area contributed by atoms with E-state index >= 15 is 0 Å². The number of fused-ring (bicyclic) bond motifs is 2. The number of likely N-dealkylation sites (tertiary alicyclic amines) is 2. The Morgan fingerprint density at radius 3 is 2.64 bits per heavy atom. The number of H-pyrrole nitrogens is 1. The zero-order valence-electron chi connectivity index (χ0n) is 25.7. The zero-order chi connectivity index (χ0) is 30.8. The first-order valence-electron chi connectivity index (χ1n) is 15.9. The highest BCUT2D eigenvalue weighted by atomic mass is 35.5. The van der Waals surface area contributed by atoms with Crippen molar-refractivity contribution in [3.63, 3.8) is 0 Å². The lowest BCUT2D eigenvalue weighted by Gasteiger charge is -2.58. The number of amides is 1. The molecule has 5 fully saturated rings. The van der Waals surface area contributed by atoms with E-state index in [-0.39, 0.29) is 22.9 Å². The number of nitrogens with zero attached hydrogens (tertiary/aromatic N) is 6. The molecule has 2 aromatic heterocycles. The number of rotatable bonds is 6. The van der Waals surface area contributed by atoms with Crippen LogP contribution in [0.2, 0.25) is 10.0 Å². The molecule has 8 rings (SSSR count). The van der Waals surface area contributed by atoms with Crippen LogP contribution in [-0.2, 0) is 4.79 Å². The van der Waals surface area contributed by atoms with Gasteiger partial charge in [-0.25, -0.2) is 0 Å². The smallest absolute Gasteiger partial charge is 0.245 e.